The van der Waals surface area contributed by atoms with E-state index in [0.717, 1.165) is 22.6 Å². The van der Waals surface area contributed by atoms with Crippen molar-refractivity contribution >= 4 is 5.97 Å². The van der Waals surface area contributed by atoms with Crippen molar-refractivity contribution in [3.8, 4) is 5.69 Å². The second-order valence-corrected chi connectivity index (χ2v) is 5.53. The predicted octanol–water partition coefficient (Wildman–Crippen LogP) is 3.15. The number of hydrogen-bond acceptors (Lipinski definition) is 3. The van der Waals surface area contributed by atoms with Crippen LogP contribution in [0.15, 0.2) is 24.3 Å². The van der Waals surface area contributed by atoms with Crippen molar-refractivity contribution in [1.82, 2.24) is 9.78 Å². The zero-order valence-corrected chi connectivity index (χ0v) is 13.3. The Morgan fingerprint density at radius 2 is 1.86 bits per heavy atom. The number of aryl methyl sites for hydroxylation is 2. The molecule has 0 amide bonds. The molecular weight excluding hydrogens is 264 g/mol. The van der Waals surface area contributed by atoms with Crippen molar-refractivity contribution in [2.75, 3.05) is 7.11 Å². The number of rotatable bonds is 4. The smallest absolute Gasteiger partial charge is 0.308 e. The van der Waals surface area contributed by atoms with Gasteiger partial charge in [-0.05, 0) is 44.9 Å². The summed E-state index contributed by atoms with van der Waals surface area (Å²) in [5.74, 6) is -0.347. The lowest BCUT2D eigenvalue weighted by Crippen LogP contribution is -2.15. The van der Waals surface area contributed by atoms with Gasteiger partial charge in [0.25, 0.3) is 0 Å². The summed E-state index contributed by atoms with van der Waals surface area (Å²) in [4.78, 5) is 11.6. The lowest BCUT2D eigenvalue weighted by atomic mass is 10.00. The largest absolute Gasteiger partial charge is 0.469 e. The van der Waals surface area contributed by atoms with Crippen LogP contribution in [0.4, 0.5) is 0 Å². The summed E-state index contributed by atoms with van der Waals surface area (Å²) in [5, 5.41) is 4.61. The number of nitrogens with zero attached hydrogens (tertiary/aromatic N) is 2. The first-order valence-electron chi connectivity index (χ1n) is 7.14. The van der Waals surface area contributed by atoms with Crippen molar-refractivity contribution in [2.45, 2.75) is 34.1 Å². The maximum absolute atomic E-state index is 11.6. The standard InChI is InChI=1S/C17H22N2O2/c1-11-6-8-15(9-7-11)19-14(4)16(13(3)18-19)10-12(2)17(20)21-5/h6-9,12H,10H2,1-5H3. The molecule has 0 spiro atoms. The third-order valence-electron chi connectivity index (χ3n) is 3.83. The number of aromatic nitrogens is 2. The van der Waals surface area contributed by atoms with Crippen LogP contribution in [0.1, 0.15) is 29.4 Å². The molecule has 0 fully saturated rings. The molecule has 2 rings (SSSR count). The SMILES string of the molecule is COC(=O)C(C)Cc1c(C)nn(-c2ccc(C)cc2)c1C. The lowest BCUT2D eigenvalue weighted by molar-refractivity contribution is -0.144. The molecule has 2 aromatic rings. The van der Waals surface area contributed by atoms with E-state index in [9.17, 15) is 4.79 Å². The molecule has 4 nitrogen and oxygen atoms in total. The van der Waals surface area contributed by atoms with Crippen molar-refractivity contribution in [1.29, 1.82) is 0 Å². The maximum Gasteiger partial charge on any atom is 0.308 e. The van der Waals surface area contributed by atoms with Crippen LogP contribution in [-0.4, -0.2) is 22.9 Å². The zero-order chi connectivity index (χ0) is 15.6. The molecule has 0 N–H and O–H groups in total. The van der Waals surface area contributed by atoms with Gasteiger partial charge in [0, 0.05) is 5.69 Å². The summed E-state index contributed by atoms with van der Waals surface area (Å²) in [6.45, 7) is 7.97. The summed E-state index contributed by atoms with van der Waals surface area (Å²) < 4.78 is 6.74. The van der Waals surface area contributed by atoms with E-state index in [4.69, 9.17) is 4.74 Å². The molecule has 0 radical (unpaired) electrons. The van der Waals surface area contributed by atoms with Gasteiger partial charge in [0.2, 0.25) is 0 Å². The first-order chi connectivity index (χ1) is 9.93. The van der Waals surface area contributed by atoms with Gasteiger partial charge in [-0.25, -0.2) is 4.68 Å². The Morgan fingerprint density at radius 1 is 1.24 bits per heavy atom. The van der Waals surface area contributed by atoms with E-state index in [1.807, 2.05) is 25.5 Å². The Labute approximate surface area is 125 Å². The molecule has 1 atom stereocenters. The van der Waals surface area contributed by atoms with E-state index in [0.29, 0.717) is 6.42 Å². The number of methoxy groups -OCH3 is 1. The van der Waals surface area contributed by atoms with E-state index in [-0.39, 0.29) is 11.9 Å². The molecule has 21 heavy (non-hydrogen) atoms. The number of hydrogen-bond donors (Lipinski definition) is 0. The fraction of sp³-hybridized carbons (Fsp3) is 0.412. The number of carbonyl (C=O) groups excluding carboxylic acids is 1. The van der Waals surface area contributed by atoms with Gasteiger partial charge in [0.15, 0.2) is 0 Å². The highest BCUT2D eigenvalue weighted by Crippen LogP contribution is 2.21. The number of carbonyl (C=O) groups is 1. The van der Waals surface area contributed by atoms with Crippen molar-refractivity contribution in [3.05, 3.63) is 46.8 Å². The summed E-state index contributed by atoms with van der Waals surface area (Å²) in [6.07, 6.45) is 0.649. The van der Waals surface area contributed by atoms with Crippen LogP contribution in [0.5, 0.6) is 0 Å². The van der Waals surface area contributed by atoms with Crippen LogP contribution in [0.25, 0.3) is 5.69 Å². The van der Waals surface area contributed by atoms with Gasteiger partial charge < -0.3 is 4.74 Å². The minimum absolute atomic E-state index is 0.164. The molecule has 0 aliphatic carbocycles. The number of benzene rings is 1. The number of esters is 1. The third kappa shape index (κ3) is 3.15. The predicted molar refractivity (Wildman–Crippen MR) is 82.7 cm³/mol. The molecule has 0 saturated carbocycles. The van der Waals surface area contributed by atoms with Gasteiger partial charge in [0.05, 0.1) is 24.4 Å². The molecule has 1 aromatic heterocycles. The van der Waals surface area contributed by atoms with Gasteiger partial charge in [-0.1, -0.05) is 24.6 Å². The molecule has 1 unspecified atom stereocenters. The minimum atomic E-state index is -0.183. The van der Waals surface area contributed by atoms with Crippen LogP contribution in [0, 0.1) is 26.7 Å². The second-order valence-electron chi connectivity index (χ2n) is 5.53. The Kier molecular flexibility index (Phi) is 4.46. The van der Waals surface area contributed by atoms with Gasteiger partial charge in [-0.3, -0.25) is 4.79 Å². The molecule has 4 heteroatoms. The van der Waals surface area contributed by atoms with Gasteiger partial charge in [-0.15, -0.1) is 0 Å². The first-order valence-corrected chi connectivity index (χ1v) is 7.14. The second kappa shape index (κ2) is 6.12. The molecular formula is C17H22N2O2. The van der Waals surface area contributed by atoms with Gasteiger partial charge in [-0.2, -0.15) is 5.10 Å². The highest BCUT2D eigenvalue weighted by Gasteiger charge is 2.19. The van der Waals surface area contributed by atoms with Crippen LogP contribution in [-0.2, 0) is 16.0 Å². The van der Waals surface area contributed by atoms with Gasteiger partial charge >= 0.3 is 5.97 Å². The first kappa shape index (κ1) is 15.3. The summed E-state index contributed by atoms with van der Waals surface area (Å²) >= 11 is 0. The highest BCUT2D eigenvalue weighted by atomic mass is 16.5. The average molecular weight is 286 g/mol. The van der Waals surface area contributed by atoms with Crippen LogP contribution in [0.3, 0.4) is 0 Å². The molecule has 0 aliphatic heterocycles. The van der Waals surface area contributed by atoms with E-state index in [2.05, 4.69) is 36.3 Å². The average Bonchev–Trinajstić information content (AvgIpc) is 2.75. The summed E-state index contributed by atoms with van der Waals surface area (Å²) in [7, 11) is 1.42. The van der Waals surface area contributed by atoms with Crippen molar-refractivity contribution in [2.24, 2.45) is 5.92 Å². The monoisotopic (exact) mass is 286 g/mol. The van der Waals surface area contributed by atoms with Crippen LogP contribution < -0.4 is 0 Å². The zero-order valence-electron chi connectivity index (χ0n) is 13.3. The van der Waals surface area contributed by atoms with E-state index in [1.54, 1.807) is 0 Å². The van der Waals surface area contributed by atoms with Crippen LogP contribution in [0.2, 0.25) is 0 Å². The van der Waals surface area contributed by atoms with E-state index < -0.39 is 0 Å². The minimum Gasteiger partial charge on any atom is -0.469 e. The van der Waals surface area contributed by atoms with Gasteiger partial charge in [0.1, 0.15) is 0 Å². The molecule has 0 bridgehead atoms. The topological polar surface area (TPSA) is 44.1 Å². The Hall–Kier alpha value is -2.10. The number of ether oxygens (including phenoxy) is 1. The van der Waals surface area contributed by atoms with E-state index in [1.165, 1.54) is 12.7 Å². The molecule has 1 aromatic carbocycles. The third-order valence-corrected chi connectivity index (χ3v) is 3.83. The fourth-order valence-corrected chi connectivity index (χ4v) is 2.50. The quantitative estimate of drug-likeness (QED) is 0.811. The Bertz CT molecular complexity index is 642. The lowest BCUT2D eigenvalue weighted by Gasteiger charge is -2.10. The molecule has 0 saturated heterocycles. The normalized spacial score (nSPS) is 12.2. The summed E-state index contributed by atoms with van der Waals surface area (Å²) in [5.41, 5.74) is 5.42. The molecule has 1 heterocycles. The van der Waals surface area contributed by atoms with E-state index >= 15 is 0 Å². The highest BCUT2D eigenvalue weighted by molar-refractivity contribution is 5.72. The Morgan fingerprint density at radius 3 is 2.43 bits per heavy atom. The Balaban J connectivity index is 2.33. The molecule has 112 valence electrons. The molecule has 0 aliphatic rings. The maximum atomic E-state index is 11.6. The fourth-order valence-electron chi connectivity index (χ4n) is 2.50. The van der Waals surface area contributed by atoms with Crippen LogP contribution >= 0.6 is 0 Å². The van der Waals surface area contributed by atoms with Crippen molar-refractivity contribution < 1.29 is 9.53 Å². The summed E-state index contributed by atoms with van der Waals surface area (Å²) in [6, 6.07) is 8.26. The van der Waals surface area contributed by atoms with Crippen molar-refractivity contribution in [3.63, 3.8) is 0 Å².